The van der Waals surface area contributed by atoms with Crippen LogP contribution in [-0.4, -0.2) is 50.2 Å². The predicted molar refractivity (Wildman–Crippen MR) is 91.6 cm³/mol. The topological polar surface area (TPSA) is 41.6 Å². The maximum absolute atomic E-state index is 10.1. The number of nitrogens with zero attached hydrogens (tertiary/aromatic N) is 1. The summed E-state index contributed by atoms with van der Waals surface area (Å²) in [6.07, 6.45) is 3.38. The Labute approximate surface area is 132 Å². The number of nitrogens with one attached hydrogen (secondary N) is 1. The normalized spacial score (nSPS) is 18.7. The highest BCUT2D eigenvalue weighted by atomic mass is 16.5. The molecule has 1 saturated heterocycles. The van der Waals surface area contributed by atoms with Crippen molar-refractivity contribution in [3.05, 3.63) is 0 Å². The van der Waals surface area contributed by atoms with Gasteiger partial charge in [0, 0.05) is 19.6 Å². The first kappa shape index (κ1) is 22.7. The molecule has 1 rings (SSSR count). The molecule has 0 spiro atoms. The molecule has 0 aromatic carbocycles. The number of amides is 1. The predicted octanol–water partition coefficient (Wildman–Crippen LogP) is 3.31. The van der Waals surface area contributed by atoms with Gasteiger partial charge in [-0.1, -0.05) is 54.9 Å². The van der Waals surface area contributed by atoms with Crippen LogP contribution in [0, 0.1) is 5.41 Å². The molecule has 0 aromatic heterocycles. The molecule has 0 saturated carbocycles. The number of carbonyl (C=O) groups excluding carboxylic acids is 1. The molecule has 0 aromatic rings. The van der Waals surface area contributed by atoms with E-state index in [1.54, 1.807) is 0 Å². The zero-order valence-electron chi connectivity index (χ0n) is 15.4. The van der Waals surface area contributed by atoms with Crippen LogP contribution >= 0.6 is 0 Å². The van der Waals surface area contributed by atoms with Gasteiger partial charge in [0.15, 0.2) is 0 Å². The third-order valence-electron chi connectivity index (χ3n) is 2.48. The van der Waals surface area contributed by atoms with Crippen molar-refractivity contribution < 1.29 is 9.53 Å². The minimum absolute atomic E-state index is 0.172. The lowest BCUT2D eigenvalue weighted by atomic mass is 10.0. The van der Waals surface area contributed by atoms with Gasteiger partial charge in [0.05, 0.1) is 12.7 Å². The summed E-state index contributed by atoms with van der Waals surface area (Å²) < 4.78 is 5.53. The lowest BCUT2D eigenvalue weighted by molar-refractivity contribution is -0.110. The SMILES string of the molecule is CC.CC(C)(C)C.CCCCN1CCOC(CNC=O)C1. The highest BCUT2D eigenvalue weighted by molar-refractivity contribution is 5.45. The Hall–Kier alpha value is -0.610. The molecule has 21 heavy (non-hydrogen) atoms. The summed E-state index contributed by atoms with van der Waals surface area (Å²) in [5.41, 5.74) is 0.500. The Bertz CT molecular complexity index is 221. The van der Waals surface area contributed by atoms with Gasteiger partial charge in [-0.2, -0.15) is 0 Å². The van der Waals surface area contributed by atoms with Crippen LogP contribution in [0.3, 0.4) is 0 Å². The molecule has 1 atom stereocenters. The van der Waals surface area contributed by atoms with Crippen molar-refractivity contribution in [3.8, 4) is 0 Å². The standard InChI is InChI=1S/C10H20N2O2.C5H12.C2H6/c1-2-3-4-12-5-6-14-10(8-12)7-11-9-13;1-5(2,3)4;1-2/h9-10H,2-8H2,1H3,(H,11,13);1-4H3;1-2H3. The fraction of sp³-hybridized carbons (Fsp3) is 0.941. The number of carbonyl (C=O) groups is 1. The quantitative estimate of drug-likeness (QED) is 0.765. The summed E-state index contributed by atoms with van der Waals surface area (Å²) in [5, 5.41) is 2.66. The molecule has 1 aliphatic rings. The second-order valence-electron chi connectivity index (χ2n) is 6.67. The van der Waals surface area contributed by atoms with Crippen LogP contribution < -0.4 is 5.32 Å². The molecule has 0 radical (unpaired) electrons. The highest BCUT2D eigenvalue weighted by Crippen LogP contribution is 2.08. The van der Waals surface area contributed by atoms with Gasteiger partial charge in [-0.25, -0.2) is 0 Å². The lowest BCUT2D eigenvalue weighted by Gasteiger charge is -2.32. The number of hydrogen-bond donors (Lipinski definition) is 1. The van der Waals surface area contributed by atoms with Gasteiger partial charge >= 0.3 is 0 Å². The smallest absolute Gasteiger partial charge is 0.207 e. The molecule has 4 heteroatoms. The molecule has 1 N–H and O–H groups in total. The molecule has 0 bridgehead atoms. The second kappa shape index (κ2) is 14.3. The van der Waals surface area contributed by atoms with Crippen molar-refractivity contribution >= 4 is 6.41 Å². The van der Waals surface area contributed by atoms with Gasteiger partial charge in [-0.3, -0.25) is 9.69 Å². The van der Waals surface area contributed by atoms with E-state index in [9.17, 15) is 4.79 Å². The second-order valence-corrected chi connectivity index (χ2v) is 6.67. The molecule has 128 valence electrons. The van der Waals surface area contributed by atoms with E-state index in [-0.39, 0.29) is 6.10 Å². The zero-order chi connectivity index (χ0) is 16.7. The third kappa shape index (κ3) is 19.4. The molecular formula is C17H38N2O2. The first-order valence-corrected chi connectivity index (χ1v) is 8.37. The van der Waals surface area contributed by atoms with Crippen LogP contribution in [0.1, 0.15) is 61.3 Å². The van der Waals surface area contributed by atoms with Crippen LogP contribution in [-0.2, 0) is 9.53 Å². The Morgan fingerprint density at radius 2 is 1.86 bits per heavy atom. The number of rotatable bonds is 6. The van der Waals surface area contributed by atoms with E-state index in [0.29, 0.717) is 12.0 Å². The van der Waals surface area contributed by atoms with E-state index in [1.807, 2.05) is 13.8 Å². The van der Waals surface area contributed by atoms with Crippen LogP contribution in [0.5, 0.6) is 0 Å². The average molecular weight is 303 g/mol. The Kier molecular flexibility index (Phi) is 15.5. The molecule has 1 amide bonds. The van der Waals surface area contributed by atoms with Gasteiger partial charge < -0.3 is 10.1 Å². The van der Waals surface area contributed by atoms with E-state index >= 15 is 0 Å². The first-order valence-electron chi connectivity index (χ1n) is 8.37. The van der Waals surface area contributed by atoms with Gasteiger partial charge in [0.1, 0.15) is 0 Å². The molecule has 1 heterocycles. The molecule has 4 nitrogen and oxygen atoms in total. The molecular weight excluding hydrogens is 264 g/mol. The zero-order valence-corrected chi connectivity index (χ0v) is 15.4. The van der Waals surface area contributed by atoms with E-state index in [1.165, 1.54) is 12.8 Å². The van der Waals surface area contributed by atoms with Gasteiger partial charge in [0.2, 0.25) is 6.41 Å². The fourth-order valence-electron chi connectivity index (χ4n) is 1.67. The van der Waals surface area contributed by atoms with Gasteiger partial charge in [0.25, 0.3) is 0 Å². The fourth-order valence-corrected chi connectivity index (χ4v) is 1.67. The maximum atomic E-state index is 10.1. The number of ether oxygens (including phenoxy) is 1. The van der Waals surface area contributed by atoms with Crippen LogP contribution in [0.4, 0.5) is 0 Å². The largest absolute Gasteiger partial charge is 0.374 e. The summed E-state index contributed by atoms with van der Waals surface area (Å²) >= 11 is 0. The highest BCUT2D eigenvalue weighted by Gasteiger charge is 2.19. The molecule has 1 aliphatic heterocycles. The van der Waals surface area contributed by atoms with E-state index in [0.717, 1.165) is 32.7 Å². The minimum atomic E-state index is 0.172. The maximum Gasteiger partial charge on any atom is 0.207 e. The van der Waals surface area contributed by atoms with E-state index < -0.39 is 0 Å². The minimum Gasteiger partial charge on any atom is -0.374 e. The molecule has 1 fully saturated rings. The number of unbranched alkanes of at least 4 members (excludes halogenated alkanes) is 1. The Balaban J connectivity index is 0. The van der Waals surface area contributed by atoms with Crippen molar-refractivity contribution in [2.75, 3.05) is 32.8 Å². The van der Waals surface area contributed by atoms with Crippen molar-refractivity contribution in [2.24, 2.45) is 5.41 Å². The Morgan fingerprint density at radius 1 is 1.29 bits per heavy atom. The summed E-state index contributed by atoms with van der Waals surface area (Å²) in [6, 6.07) is 0. The summed E-state index contributed by atoms with van der Waals surface area (Å²) in [7, 11) is 0. The molecule has 1 unspecified atom stereocenters. The van der Waals surface area contributed by atoms with Gasteiger partial charge in [-0.15, -0.1) is 0 Å². The average Bonchev–Trinajstić information content (AvgIpc) is 2.44. The van der Waals surface area contributed by atoms with E-state index in [4.69, 9.17) is 4.74 Å². The number of hydrogen-bond acceptors (Lipinski definition) is 3. The third-order valence-corrected chi connectivity index (χ3v) is 2.48. The molecule has 0 aliphatic carbocycles. The van der Waals surface area contributed by atoms with Crippen LogP contribution in [0.25, 0.3) is 0 Å². The summed E-state index contributed by atoms with van der Waals surface area (Å²) in [5.74, 6) is 0. The monoisotopic (exact) mass is 302 g/mol. The van der Waals surface area contributed by atoms with Crippen LogP contribution in [0.15, 0.2) is 0 Å². The van der Waals surface area contributed by atoms with Crippen molar-refractivity contribution in [1.82, 2.24) is 10.2 Å². The van der Waals surface area contributed by atoms with E-state index in [2.05, 4.69) is 44.8 Å². The van der Waals surface area contributed by atoms with Crippen LogP contribution in [0.2, 0.25) is 0 Å². The van der Waals surface area contributed by atoms with Crippen molar-refractivity contribution in [1.29, 1.82) is 0 Å². The Morgan fingerprint density at radius 3 is 2.33 bits per heavy atom. The number of morpholine rings is 1. The summed E-state index contributed by atoms with van der Waals surface area (Å²) in [4.78, 5) is 12.5. The first-order chi connectivity index (χ1) is 9.86. The van der Waals surface area contributed by atoms with Gasteiger partial charge in [-0.05, 0) is 18.4 Å². The lowest BCUT2D eigenvalue weighted by Crippen LogP contribution is -2.46. The van der Waals surface area contributed by atoms with Crippen molar-refractivity contribution in [3.63, 3.8) is 0 Å². The summed E-state index contributed by atoms with van der Waals surface area (Å²) in [6.45, 7) is 19.5. The van der Waals surface area contributed by atoms with Crippen molar-refractivity contribution in [2.45, 2.75) is 67.4 Å².